The van der Waals surface area contributed by atoms with Gasteiger partial charge in [-0.05, 0) is 43.0 Å². The molecule has 0 spiro atoms. The first-order valence-electron chi connectivity index (χ1n) is 6.67. The highest BCUT2D eigenvalue weighted by Gasteiger charge is 2.17. The zero-order chi connectivity index (χ0) is 14.6. The number of benzene rings is 1. The third-order valence-corrected chi connectivity index (χ3v) is 3.78. The van der Waals surface area contributed by atoms with Crippen LogP contribution in [0.3, 0.4) is 0 Å². The first kappa shape index (κ1) is 15.4. The fourth-order valence-corrected chi connectivity index (χ4v) is 2.21. The van der Waals surface area contributed by atoms with Crippen molar-refractivity contribution in [2.24, 2.45) is 11.8 Å². The highest BCUT2D eigenvalue weighted by Crippen LogP contribution is 2.30. The predicted octanol–water partition coefficient (Wildman–Crippen LogP) is 3.54. The standard InChI is InChI=1S/C16H24N2O/c1-11(2)14(9-17)10-18(5)15-7-8-16(19-6)13(4)12(15)3/h7-8,11,14H,10H2,1-6H3. The molecule has 0 saturated carbocycles. The summed E-state index contributed by atoms with van der Waals surface area (Å²) in [5.41, 5.74) is 3.53. The van der Waals surface area contributed by atoms with Crippen LogP contribution in [-0.4, -0.2) is 20.7 Å². The van der Waals surface area contributed by atoms with Gasteiger partial charge in [0.2, 0.25) is 0 Å². The molecule has 19 heavy (non-hydrogen) atoms. The molecule has 3 heteroatoms. The Morgan fingerprint density at radius 3 is 2.37 bits per heavy atom. The van der Waals surface area contributed by atoms with E-state index < -0.39 is 0 Å². The first-order chi connectivity index (χ1) is 8.92. The van der Waals surface area contributed by atoms with Gasteiger partial charge in [-0.1, -0.05) is 13.8 Å². The maximum Gasteiger partial charge on any atom is 0.122 e. The van der Waals surface area contributed by atoms with E-state index in [-0.39, 0.29) is 5.92 Å². The molecule has 0 saturated heterocycles. The minimum absolute atomic E-state index is 0.0480. The molecule has 0 aliphatic heterocycles. The Morgan fingerprint density at radius 2 is 1.89 bits per heavy atom. The van der Waals surface area contributed by atoms with Crippen LogP contribution in [0.25, 0.3) is 0 Å². The van der Waals surface area contributed by atoms with E-state index in [1.165, 1.54) is 11.3 Å². The molecule has 0 fully saturated rings. The SMILES string of the molecule is COc1ccc(N(C)CC(C#N)C(C)C)c(C)c1C. The molecule has 0 amide bonds. The third kappa shape index (κ3) is 3.41. The maximum atomic E-state index is 9.20. The van der Waals surface area contributed by atoms with Crippen LogP contribution in [0.15, 0.2) is 12.1 Å². The monoisotopic (exact) mass is 260 g/mol. The Bertz CT molecular complexity index is 474. The van der Waals surface area contributed by atoms with Crippen LogP contribution >= 0.6 is 0 Å². The molecule has 0 radical (unpaired) electrons. The van der Waals surface area contributed by atoms with E-state index in [1.807, 2.05) is 13.1 Å². The summed E-state index contributed by atoms with van der Waals surface area (Å²) in [4.78, 5) is 2.16. The molecule has 1 atom stereocenters. The smallest absolute Gasteiger partial charge is 0.122 e. The van der Waals surface area contributed by atoms with Gasteiger partial charge in [0.05, 0.1) is 19.1 Å². The van der Waals surface area contributed by atoms with Crippen molar-refractivity contribution in [2.45, 2.75) is 27.7 Å². The van der Waals surface area contributed by atoms with Crippen LogP contribution in [0, 0.1) is 37.0 Å². The van der Waals surface area contributed by atoms with E-state index in [0.717, 1.165) is 17.9 Å². The molecule has 1 rings (SSSR count). The minimum atomic E-state index is 0.0480. The number of ether oxygens (including phenoxy) is 1. The number of anilines is 1. The van der Waals surface area contributed by atoms with Gasteiger partial charge in [-0.2, -0.15) is 5.26 Å². The van der Waals surface area contributed by atoms with Gasteiger partial charge >= 0.3 is 0 Å². The lowest BCUT2D eigenvalue weighted by atomic mass is 9.96. The van der Waals surface area contributed by atoms with Crippen molar-refractivity contribution in [1.82, 2.24) is 0 Å². The molecular weight excluding hydrogens is 236 g/mol. The fraction of sp³-hybridized carbons (Fsp3) is 0.562. The molecule has 1 aromatic carbocycles. The van der Waals surface area contributed by atoms with Crippen LogP contribution < -0.4 is 9.64 Å². The van der Waals surface area contributed by atoms with E-state index in [0.29, 0.717) is 5.92 Å². The topological polar surface area (TPSA) is 36.3 Å². The molecule has 1 unspecified atom stereocenters. The third-order valence-electron chi connectivity index (χ3n) is 3.78. The molecule has 104 valence electrons. The van der Waals surface area contributed by atoms with Crippen molar-refractivity contribution in [3.8, 4) is 11.8 Å². The van der Waals surface area contributed by atoms with E-state index >= 15 is 0 Å². The van der Waals surface area contributed by atoms with Crippen LogP contribution in [-0.2, 0) is 0 Å². The first-order valence-corrected chi connectivity index (χ1v) is 6.67. The van der Waals surface area contributed by atoms with Crippen molar-refractivity contribution in [1.29, 1.82) is 5.26 Å². The number of nitriles is 1. The highest BCUT2D eigenvalue weighted by molar-refractivity contribution is 5.59. The molecule has 0 N–H and O–H groups in total. The van der Waals surface area contributed by atoms with Gasteiger partial charge in [0, 0.05) is 19.3 Å². The number of methoxy groups -OCH3 is 1. The summed E-state index contributed by atoms with van der Waals surface area (Å²) in [5, 5.41) is 9.20. The van der Waals surface area contributed by atoms with Crippen LogP contribution in [0.4, 0.5) is 5.69 Å². The highest BCUT2D eigenvalue weighted by atomic mass is 16.5. The van der Waals surface area contributed by atoms with Gasteiger partial charge in [-0.25, -0.2) is 0 Å². The van der Waals surface area contributed by atoms with Crippen molar-refractivity contribution in [3.63, 3.8) is 0 Å². The van der Waals surface area contributed by atoms with Crippen LogP contribution in [0.2, 0.25) is 0 Å². The summed E-state index contributed by atoms with van der Waals surface area (Å²) in [6.45, 7) is 9.10. The summed E-state index contributed by atoms with van der Waals surface area (Å²) in [5.74, 6) is 1.33. The molecular formula is C16H24N2O. The molecule has 0 aliphatic rings. The molecule has 3 nitrogen and oxygen atoms in total. The Kier molecular flexibility index (Phi) is 5.23. The lowest BCUT2D eigenvalue weighted by molar-refractivity contribution is 0.411. The summed E-state index contributed by atoms with van der Waals surface area (Å²) in [7, 11) is 3.73. The Morgan fingerprint density at radius 1 is 1.26 bits per heavy atom. The van der Waals surface area contributed by atoms with E-state index in [4.69, 9.17) is 4.74 Å². The molecule has 0 aromatic heterocycles. The van der Waals surface area contributed by atoms with Crippen molar-refractivity contribution in [2.75, 3.05) is 25.6 Å². The largest absolute Gasteiger partial charge is 0.496 e. The van der Waals surface area contributed by atoms with E-state index in [9.17, 15) is 5.26 Å². The molecule has 1 aromatic rings. The predicted molar refractivity (Wildman–Crippen MR) is 79.7 cm³/mol. The Hall–Kier alpha value is -1.69. The second-order valence-corrected chi connectivity index (χ2v) is 5.40. The van der Waals surface area contributed by atoms with Gasteiger partial charge < -0.3 is 9.64 Å². The second-order valence-electron chi connectivity index (χ2n) is 5.40. The van der Waals surface area contributed by atoms with E-state index in [2.05, 4.69) is 44.7 Å². The Balaban J connectivity index is 2.98. The van der Waals surface area contributed by atoms with Gasteiger partial charge in [0.25, 0.3) is 0 Å². The van der Waals surface area contributed by atoms with E-state index in [1.54, 1.807) is 7.11 Å². The van der Waals surface area contributed by atoms with Gasteiger partial charge in [-0.15, -0.1) is 0 Å². The van der Waals surface area contributed by atoms with Gasteiger partial charge in [0.15, 0.2) is 0 Å². The average Bonchev–Trinajstić information content (AvgIpc) is 2.38. The lowest BCUT2D eigenvalue weighted by Gasteiger charge is -2.26. The molecule has 0 aliphatic carbocycles. The average molecular weight is 260 g/mol. The molecule has 0 heterocycles. The van der Waals surface area contributed by atoms with Crippen LogP contribution in [0.1, 0.15) is 25.0 Å². The zero-order valence-electron chi connectivity index (χ0n) is 12.8. The Labute approximate surface area is 116 Å². The van der Waals surface area contributed by atoms with Crippen molar-refractivity contribution < 1.29 is 4.74 Å². The normalized spacial score (nSPS) is 12.1. The maximum absolute atomic E-state index is 9.20. The number of nitrogens with zero attached hydrogens (tertiary/aromatic N) is 2. The summed E-state index contributed by atoms with van der Waals surface area (Å²) in [6.07, 6.45) is 0. The number of hydrogen-bond donors (Lipinski definition) is 0. The zero-order valence-corrected chi connectivity index (χ0v) is 12.8. The second kappa shape index (κ2) is 6.47. The van der Waals surface area contributed by atoms with Gasteiger partial charge in [0.1, 0.15) is 5.75 Å². The summed E-state index contributed by atoms with van der Waals surface area (Å²) >= 11 is 0. The lowest BCUT2D eigenvalue weighted by Crippen LogP contribution is -2.28. The number of rotatable bonds is 5. The van der Waals surface area contributed by atoms with Crippen molar-refractivity contribution in [3.05, 3.63) is 23.3 Å². The summed E-state index contributed by atoms with van der Waals surface area (Å²) < 4.78 is 5.33. The molecule has 0 bridgehead atoms. The van der Waals surface area contributed by atoms with Gasteiger partial charge in [-0.3, -0.25) is 0 Å². The van der Waals surface area contributed by atoms with Crippen LogP contribution in [0.5, 0.6) is 5.75 Å². The number of hydrogen-bond acceptors (Lipinski definition) is 3. The fourth-order valence-electron chi connectivity index (χ4n) is 2.21. The quantitative estimate of drug-likeness (QED) is 0.812. The summed E-state index contributed by atoms with van der Waals surface area (Å²) in [6, 6.07) is 6.45. The van der Waals surface area contributed by atoms with Crippen molar-refractivity contribution >= 4 is 5.69 Å². The minimum Gasteiger partial charge on any atom is -0.496 e.